The SMILES string of the molecule is COc1cc(Cl)c(C(N)c2cccc(Cl)c2F)cc1OC. The van der Waals surface area contributed by atoms with Crippen LogP contribution in [0.3, 0.4) is 0 Å². The van der Waals surface area contributed by atoms with Gasteiger partial charge in [-0.1, -0.05) is 35.3 Å². The zero-order valence-electron chi connectivity index (χ0n) is 11.5. The number of nitrogens with two attached hydrogens (primary N) is 1. The van der Waals surface area contributed by atoms with Crippen molar-refractivity contribution in [2.45, 2.75) is 6.04 Å². The van der Waals surface area contributed by atoms with Crippen molar-refractivity contribution in [3.05, 3.63) is 57.3 Å². The Morgan fingerprint density at radius 2 is 1.62 bits per heavy atom. The second-order valence-corrected chi connectivity index (χ2v) is 5.16. The predicted octanol–water partition coefficient (Wildman–Crippen LogP) is 4.20. The summed E-state index contributed by atoms with van der Waals surface area (Å²) in [5.41, 5.74) is 6.91. The normalized spacial score (nSPS) is 12.1. The smallest absolute Gasteiger partial charge is 0.162 e. The Morgan fingerprint density at radius 3 is 2.24 bits per heavy atom. The van der Waals surface area contributed by atoms with Gasteiger partial charge < -0.3 is 15.2 Å². The first-order valence-electron chi connectivity index (χ1n) is 6.10. The maximum atomic E-state index is 14.1. The minimum Gasteiger partial charge on any atom is -0.493 e. The topological polar surface area (TPSA) is 44.5 Å². The highest BCUT2D eigenvalue weighted by molar-refractivity contribution is 6.32. The predicted molar refractivity (Wildman–Crippen MR) is 82.0 cm³/mol. The van der Waals surface area contributed by atoms with Crippen molar-refractivity contribution in [3.63, 3.8) is 0 Å². The lowest BCUT2D eigenvalue weighted by Crippen LogP contribution is -2.14. The van der Waals surface area contributed by atoms with E-state index in [2.05, 4.69) is 0 Å². The monoisotopic (exact) mass is 329 g/mol. The molecule has 0 radical (unpaired) electrons. The third-order valence-electron chi connectivity index (χ3n) is 3.15. The van der Waals surface area contributed by atoms with Gasteiger partial charge in [-0.05, 0) is 17.7 Å². The van der Waals surface area contributed by atoms with Crippen LogP contribution in [0.4, 0.5) is 4.39 Å². The van der Waals surface area contributed by atoms with Crippen LogP contribution >= 0.6 is 23.2 Å². The lowest BCUT2D eigenvalue weighted by atomic mass is 9.98. The molecule has 0 spiro atoms. The van der Waals surface area contributed by atoms with Crippen molar-refractivity contribution in [1.29, 1.82) is 0 Å². The van der Waals surface area contributed by atoms with Gasteiger partial charge in [0.05, 0.1) is 25.3 Å². The molecule has 3 nitrogen and oxygen atoms in total. The molecule has 2 N–H and O–H groups in total. The Labute approximate surface area is 132 Å². The molecule has 112 valence electrons. The van der Waals surface area contributed by atoms with Crippen LogP contribution in [0.2, 0.25) is 10.0 Å². The molecule has 1 atom stereocenters. The van der Waals surface area contributed by atoms with Crippen molar-refractivity contribution in [3.8, 4) is 11.5 Å². The molecule has 0 heterocycles. The highest BCUT2D eigenvalue weighted by Crippen LogP contribution is 2.37. The number of halogens is 3. The number of rotatable bonds is 4. The largest absolute Gasteiger partial charge is 0.493 e. The quantitative estimate of drug-likeness (QED) is 0.914. The summed E-state index contributed by atoms with van der Waals surface area (Å²) < 4.78 is 24.5. The summed E-state index contributed by atoms with van der Waals surface area (Å²) in [5, 5.41) is 0.374. The Morgan fingerprint density at radius 1 is 1.00 bits per heavy atom. The minimum atomic E-state index is -0.768. The van der Waals surface area contributed by atoms with E-state index in [-0.39, 0.29) is 10.6 Å². The van der Waals surface area contributed by atoms with Gasteiger partial charge in [-0.2, -0.15) is 0 Å². The average Bonchev–Trinajstić information content (AvgIpc) is 2.49. The number of hydrogen-bond acceptors (Lipinski definition) is 3. The van der Waals surface area contributed by atoms with Gasteiger partial charge in [-0.3, -0.25) is 0 Å². The first-order chi connectivity index (χ1) is 9.99. The van der Waals surface area contributed by atoms with Crippen LogP contribution in [-0.2, 0) is 0 Å². The molecule has 1 unspecified atom stereocenters. The van der Waals surface area contributed by atoms with Crippen molar-refractivity contribution < 1.29 is 13.9 Å². The molecule has 0 aliphatic heterocycles. The lowest BCUT2D eigenvalue weighted by molar-refractivity contribution is 0.354. The van der Waals surface area contributed by atoms with E-state index in [9.17, 15) is 4.39 Å². The molecule has 2 rings (SSSR count). The Balaban J connectivity index is 2.53. The number of methoxy groups -OCH3 is 2. The third-order valence-corrected chi connectivity index (χ3v) is 3.77. The maximum absolute atomic E-state index is 14.1. The van der Waals surface area contributed by atoms with E-state index >= 15 is 0 Å². The molecular weight excluding hydrogens is 316 g/mol. The summed E-state index contributed by atoms with van der Waals surface area (Å²) in [6.45, 7) is 0. The third kappa shape index (κ3) is 3.07. The molecule has 0 amide bonds. The van der Waals surface area contributed by atoms with E-state index in [0.717, 1.165) is 0 Å². The van der Waals surface area contributed by atoms with E-state index in [1.807, 2.05) is 0 Å². The van der Waals surface area contributed by atoms with E-state index in [0.29, 0.717) is 22.1 Å². The van der Waals surface area contributed by atoms with Gasteiger partial charge in [-0.15, -0.1) is 0 Å². The second kappa shape index (κ2) is 6.52. The Kier molecular flexibility index (Phi) is 4.93. The van der Waals surface area contributed by atoms with Crippen LogP contribution in [0.25, 0.3) is 0 Å². The molecule has 6 heteroatoms. The standard InChI is InChI=1S/C15H14Cl2FNO2/c1-20-12-6-9(11(17)7-13(12)21-2)15(19)8-4-3-5-10(16)14(8)18/h3-7,15H,19H2,1-2H3. The van der Waals surface area contributed by atoms with Gasteiger partial charge in [0, 0.05) is 16.7 Å². The summed E-state index contributed by atoms with van der Waals surface area (Å²) in [6, 6.07) is 7.11. The molecule has 0 fully saturated rings. The maximum Gasteiger partial charge on any atom is 0.162 e. The minimum absolute atomic E-state index is 0.0135. The van der Waals surface area contributed by atoms with Crippen LogP contribution < -0.4 is 15.2 Å². The van der Waals surface area contributed by atoms with Crippen molar-refractivity contribution in [2.75, 3.05) is 14.2 Å². The highest BCUT2D eigenvalue weighted by Gasteiger charge is 2.20. The fraction of sp³-hybridized carbons (Fsp3) is 0.200. The van der Waals surface area contributed by atoms with E-state index in [1.165, 1.54) is 20.3 Å². The molecule has 2 aromatic carbocycles. The zero-order chi connectivity index (χ0) is 15.6. The van der Waals surface area contributed by atoms with E-state index < -0.39 is 11.9 Å². The highest BCUT2D eigenvalue weighted by atomic mass is 35.5. The summed E-state index contributed by atoms with van der Waals surface area (Å²) in [5.74, 6) is 0.386. The zero-order valence-corrected chi connectivity index (χ0v) is 13.0. The van der Waals surface area contributed by atoms with Gasteiger partial charge in [-0.25, -0.2) is 4.39 Å². The average molecular weight is 330 g/mol. The van der Waals surface area contributed by atoms with Crippen LogP contribution in [0.1, 0.15) is 17.2 Å². The summed E-state index contributed by atoms with van der Waals surface area (Å²) in [7, 11) is 3.01. The van der Waals surface area contributed by atoms with E-state index in [1.54, 1.807) is 24.3 Å². The summed E-state index contributed by atoms with van der Waals surface area (Å²) >= 11 is 12.0. The molecule has 0 aliphatic rings. The molecule has 0 aliphatic carbocycles. The van der Waals surface area contributed by atoms with Crippen LogP contribution in [0, 0.1) is 5.82 Å². The van der Waals surface area contributed by atoms with Crippen LogP contribution in [0.15, 0.2) is 30.3 Å². The van der Waals surface area contributed by atoms with Gasteiger partial charge >= 0.3 is 0 Å². The summed E-state index contributed by atoms with van der Waals surface area (Å²) in [6.07, 6.45) is 0. The van der Waals surface area contributed by atoms with Crippen molar-refractivity contribution in [2.24, 2.45) is 5.73 Å². The number of benzene rings is 2. The van der Waals surface area contributed by atoms with Crippen molar-refractivity contribution >= 4 is 23.2 Å². The first-order valence-corrected chi connectivity index (χ1v) is 6.86. The van der Waals surface area contributed by atoms with Gasteiger partial charge in [0.15, 0.2) is 11.5 Å². The first kappa shape index (κ1) is 15.9. The number of hydrogen-bond donors (Lipinski definition) is 1. The molecule has 21 heavy (non-hydrogen) atoms. The number of ether oxygens (including phenoxy) is 2. The molecule has 0 bridgehead atoms. The van der Waals surface area contributed by atoms with Crippen LogP contribution in [0.5, 0.6) is 11.5 Å². The fourth-order valence-electron chi connectivity index (χ4n) is 2.04. The Bertz CT molecular complexity index is 664. The lowest BCUT2D eigenvalue weighted by Gasteiger charge is -2.18. The molecule has 0 saturated heterocycles. The van der Waals surface area contributed by atoms with E-state index in [4.69, 9.17) is 38.4 Å². The molecule has 0 aromatic heterocycles. The Hall–Kier alpha value is -1.49. The molecule has 0 saturated carbocycles. The summed E-state index contributed by atoms with van der Waals surface area (Å²) in [4.78, 5) is 0. The fourth-order valence-corrected chi connectivity index (χ4v) is 2.49. The van der Waals surface area contributed by atoms with Gasteiger partial charge in [0.2, 0.25) is 0 Å². The van der Waals surface area contributed by atoms with Crippen molar-refractivity contribution in [1.82, 2.24) is 0 Å². The molecular formula is C15H14Cl2FNO2. The molecule has 2 aromatic rings. The van der Waals surface area contributed by atoms with Gasteiger partial charge in [0.1, 0.15) is 5.82 Å². The second-order valence-electron chi connectivity index (χ2n) is 4.35. The van der Waals surface area contributed by atoms with Gasteiger partial charge in [0.25, 0.3) is 0 Å². The van der Waals surface area contributed by atoms with Crippen LogP contribution in [-0.4, -0.2) is 14.2 Å².